The van der Waals surface area contributed by atoms with E-state index in [9.17, 15) is 9.90 Å². The second-order valence-corrected chi connectivity index (χ2v) is 4.47. The van der Waals surface area contributed by atoms with E-state index in [1.165, 1.54) is 4.57 Å². The monoisotopic (exact) mass is 242 g/mol. The Morgan fingerprint density at radius 2 is 1.94 bits per heavy atom. The fourth-order valence-corrected chi connectivity index (χ4v) is 2.31. The molecule has 2 heterocycles. The molecule has 0 spiro atoms. The van der Waals surface area contributed by atoms with Gasteiger partial charge in [0.2, 0.25) is 0 Å². The van der Waals surface area contributed by atoms with Crippen LogP contribution in [0.25, 0.3) is 0 Å². The molecule has 1 N–H and O–H groups in total. The fraction of sp³-hybridized carbons (Fsp3) is 0.214. The predicted octanol–water partition coefficient (Wildman–Crippen LogP) is 2.01. The summed E-state index contributed by atoms with van der Waals surface area (Å²) in [5.41, 5.74) is 1.73. The summed E-state index contributed by atoms with van der Waals surface area (Å²) in [6, 6.07) is 13.3. The zero-order chi connectivity index (χ0) is 12.5. The van der Waals surface area contributed by atoms with Gasteiger partial charge in [-0.1, -0.05) is 30.3 Å². The Bertz CT molecular complexity index is 562. The summed E-state index contributed by atoms with van der Waals surface area (Å²) in [4.78, 5) is 13.9. The number of aliphatic hydroxyl groups excluding tert-OH is 1. The van der Waals surface area contributed by atoms with Crippen LogP contribution in [0.4, 0.5) is 4.79 Å². The van der Waals surface area contributed by atoms with Crippen LogP contribution in [-0.4, -0.2) is 27.1 Å². The Morgan fingerprint density at radius 3 is 2.72 bits per heavy atom. The maximum absolute atomic E-state index is 12.2. The molecule has 4 nitrogen and oxygen atoms in total. The van der Waals surface area contributed by atoms with E-state index in [2.05, 4.69) is 0 Å². The molecule has 18 heavy (non-hydrogen) atoms. The SMILES string of the molecule is O=C1N(Cc2ccccc2)CC(O)c2cccn21. The van der Waals surface area contributed by atoms with Crippen molar-refractivity contribution in [3.05, 3.63) is 59.9 Å². The Labute approximate surface area is 105 Å². The van der Waals surface area contributed by atoms with Gasteiger partial charge in [-0.25, -0.2) is 4.79 Å². The Kier molecular flexibility index (Phi) is 2.64. The number of benzene rings is 1. The molecular formula is C14H14N2O2. The van der Waals surface area contributed by atoms with E-state index in [4.69, 9.17) is 0 Å². The predicted molar refractivity (Wildman–Crippen MR) is 67.0 cm³/mol. The molecule has 1 aliphatic rings. The second-order valence-electron chi connectivity index (χ2n) is 4.47. The molecular weight excluding hydrogens is 228 g/mol. The van der Waals surface area contributed by atoms with Crippen molar-refractivity contribution in [2.45, 2.75) is 12.6 Å². The van der Waals surface area contributed by atoms with Gasteiger partial charge >= 0.3 is 6.03 Å². The lowest BCUT2D eigenvalue weighted by Crippen LogP contribution is -2.42. The van der Waals surface area contributed by atoms with Crippen molar-refractivity contribution in [3.63, 3.8) is 0 Å². The fourth-order valence-electron chi connectivity index (χ4n) is 2.31. The number of β-amino-alcohol motifs (C(OH)–C–C–N with tert-alkyl or cyclic N) is 1. The van der Waals surface area contributed by atoms with Gasteiger partial charge in [-0.2, -0.15) is 0 Å². The van der Waals surface area contributed by atoms with Crippen LogP contribution in [0.1, 0.15) is 17.4 Å². The highest BCUT2D eigenvalue weighted by atomic mass is 16.3. The molecule has 3 rings (SSSR count). The minimum atomic E-state index is -0.610. The van der Waals surface area contributed by atoms with Gasteiger partial charge in [0.05, 0.1) is 12.2 Å². The average Bonchev–Trinajstić information content (AvgIpc) is 2.87. The number of fused-ring (bicyclic) bond motifs is 1. The Morgan fingerprint density at radius 1 is 1.17 bits per heavy atom. The molecule has 1 amide bonds. The number of hydrogen-bond acceptors (Lipinski definition) is 2. The molecule has 0 saturated heterocycles. The Hall–Kier alpha value is -2.07. The lowest BCUT2D eigenvalue weighted by Gasteiger charge is -2.31. The van der Waals surface area contributed by atoms with Gasteiger partial charge in [-0.3, -0.25) is 4.57 Å². The summed E-state index contributed by atoms with van der Waals surface area (Å²) in [6.07, 6.45) is 1.08. The molecule has 0 aliphatic carbocycles. The number of carbonyl (C=O) groups excluding carboxylic acids is 1. The van der Waals surface area contributed by atoms with E-state index in [0.29, 0.717) is 18.8 Å². The Balaban J connectivity index is 1.86. The zero-order valence-corrected chi connectivity index (χ0v) is 9.86. The maximum Gasteiger partial charge on any atom is 0.328 e. The minimum Gasteiger partial charge on any atom is -0.385 e. The number of aromatic nitrogens is 1. The van der Waals surface area contributed by atoms with E-state index in [-0.39, 0.29) is 6.03 Å². The van der Waals surface area contributed by atoms with Crippen LogP contribution < -0.4 is 0 Å². The summed E-state index contributed by atoms with van der Waals surface area (Å²) in [5, 5.41) is 10.0. The summed E-state index contributed by atoms with van der Waals surface area (Å²) in [6.45, 7) is 0.867. The smallest absolute Gasteiger partial charge is 0.328 e. The van der Waals surface area contributed by atoms with Crippen molar-refractivity contribution in [2.75, 3.05) is 6.54 Å². The molecule has 0 bridgehead atoms. The van der Waals surface area contributed by atoms with Crippen LogP contribution in [0.5, 0.6) is 0 Å². The molecule has 1 aliphatic heterocycles. The molecule has 92 valence electrons. The van der Waals surface area contributed by atoms with Crippen LogP contribution >= 0.6 is 0 Å². The first kappa shape index (κ1) is 11.0. The number of carbonyl (C=O) groups is 1. The molecule has 0 fully saturated rings. The normalized spacial score (nSPS) is 18.8. The quantitative estimate of drug-likeness (QED) is 0.875. The van der Waals surface area contributed by atoms with Crippen LogP contribution in [-0.2, 0) is 6.54 Å². The largest absolute Gasteiger partial charge is 0.385 e. The maximum atomic E-state index is 12.2. The molecule has 1 aromatic heterocycles. The number of nitrogens with zero attached hydrogens (tertiary/aromatic N) is 2. The van der Waals surface area contributed by atoms with E-state index in [0.717, 1.165) is 5.56 Å². The molecule has 4 heteroatoms. The first-order valence-electron chi connectivity index (χ1n) is 5.94. The van der Waals surface area contributed by atoms with Crippen molar-refractivity contribution >= 4 is 6.03 Å². The highest BCUT2D eigenvalue weighted by Gasteiger charge is 2.29. The molecule has 0 saturated carbocycles. The van der Waals surface area contributed by atoms with Gasteiger partial charge in [-0.05, 0) is 17.7 Å². The number of amides is 1. The zero-order valence-electron chi connectivity index (χ0n) is 9.86. The van der Waals surface area contributed by atoms with Crippen molar-refractivity contribution in [2.24, 2.45) is 0 Å². The standard InChI is InChI=1S/C14H14N2O2/c17-13-10-15(9-11-5-2-1-3-6-11)14(18)16-8-4-7-12(13)16/h1-8,13,17H,9-10H2. The third-order valence-corrected chi connectivity index (χ3v) is 3.21. The molecule has 1 aromatic carbocycles. The van der Waals surface area contributed by atoms with Gasteiger partial charge in [0, 0.05) is 12.7 Å². The van der Waals surface area contributed by atoms with Crippen molar-refractivity contribution < 1.29 is 9.90 Å². The van der Waals surface area contributed by atoms with Gasteiger partial charge in [-0.15, -0.1) is 0 Å². The summed E-state index contributed by atoms with van der Waals surface area (Å²) in [5.74, 6) is 0. The second kappa shape index (κ2) is 4.31. The van der Waals surface area contributed by atoms with Crippen molar-refractivity contribution in [3.8, 4) is 0 Å². The lowest BCUT2D eigenvalue weighted by atomic mass is 10.1. The molecule has 1 unspecified atom stereocenters. The van der Waals surface area contributed by atoms with E-state index < -0.39 is 6.10 Å². The summed E-state index contributed by atoms with van der Waals surface area (Å²) >= 11 is 0. The van der Waals surface area contributed by atoms with Crippen LogP contribution in [0.15, 0.2) is 48.7 Å². The number of hydrogen-bond donors (Lipinski definition) is 1. The number of rotatable bonds is 2. The molecule has 0 radical (unpaired) electrons. The first-order valence-corrected chi connectivity index (χ1v) is 5.94. The highest BCUT2D eigenvalue weighted by molar-refractivity contribution is 5.79. The topological polar surface area (TPSA) is 45.5 Å². The van der Waals surface area contributed by atoms with Crippen LogP contribution in [0, 0.1) is 0 Å². The first-order chi connectivity index (χ1) is 8.75. The molecule has 1 atom stereocenters. The van der Waals surface area contributed by atoms with Gasteiger partial charge < -0.3 is 10.0 Å². The van der Waals surface area contributed by atoms with Crippen molar-refractivity contribution in [1.82, 2.24) is 9.47 Å². The van der Waals surface area contributed by atoms with E-state index in [1.54, 1.807) is 23.2 Å². The van der Waals surface area contributed by atoms with Crippen LogP contribution in [0.3, 0.4) is 0 Å². The third kappa shape index (κ3) is 1.80. The van der Waals surface area contributed by atoms with Gasteiger partial charge in [0.1, 0.15) is 6.10 Å². The van der Waals surface area contributed by atoms with E-state index in [1.807, 2.05) is 30.3 Å². The van der Waals surface area contributed by atoms with Crippen LogP contribution in [0.2, 0.25) is 0 Å². The number of aliphatic hydroxyl groups is 1. The lowest BCUT2D eigenvalue weighted by molar-refractivity contribution is 0.0964. The van der Waals surface area contributed by atoms with E-state index >= 15 is 0 Å². The van der Waals surface area contributed by atoms with Gasteiger partial charge in [0.25, 0.3) is 0 Å². The third-order valence-electron chi connectivity index (χ3n) is 3.21. The molecule has 2 aromatic rings. The van der Waals surface area contributed by atoms with Crippen molar-refractivity contribution in [1.29, 1.82) is 0 Å². The summed E-state index contributed by atoms with van der Waals surface area (Å²) < 4.78 is 1.51. The van der Waals surface area contributed by atoms with Gasteiger partial charge in [0.15, 0.2) is 0 Å². The summed E-state index contributed by atoms with van der Waals surface area (Å²) in [7, 11) is 0. The highest BCUT2D eigenvalue weighted by Crippen LogP contribution is 2.23. The minimum absolute atomic E-state index is 0.0795. The average molecular weight is 242 g/mol.